The molecule has 2 fully saturated rings. The topological polar surface area (TPSA) is 56.2 Å². The normalized spacial score (nSPS) is 36.2. The van der Waals surface area contributed by atoms with Crippen LogP contribution in [0.4, 0.5) is 4.39 Å². The lowest BCUT2D eigenvalue weighted by molar-refractivity contribution is -0.199. The first-order chi connectivity index (χ1) is 16.0. The van der Waals surface area contributed by atoms with Gasteiger partial charge >= 0.3 is 0 Å². The molecule has 3 heterocycles. The van der Waals surface area contributed by atoms with Gasteiger partial charge in [-0.1, -0.05) is 24.3 Å². The van der Waals surface area contributed by atoms with Crippen LogP contribution >= 0.6 is 0 Å². The van der Waals surface area contributed by atoms with Gasteiger partial charge in [0, 0.05) is 42.8 Å². The average molecular weight is 449 g/mol. The van der Waals surface area contributed by atoms with Gasteiger partial charge in [0.2, 0.25) is 0 Å². The molecule has 2 N–H and O–H groups in total. The van der Waals surface area contributed by atoms with Crippen LogP contribution in [0.15, 0.2) is 43.0 Å². The molecule has 2 bridgehead atoms. The number of phenolic OH excluding ortho intramolecular Hbond substituents is 1. The fourth-order valence-corrected chi connectivity index (χ4v) is 8.00. The monoisotopic (exact) mass is 448 g/mol. The van der Waals surface area contributed by atoms with Crippen LogP contribution in [-0.4, -0.2) is 56.9 Å². The minimum absolute atomic E-state index is 0.00693. The van der Waals surface area contributed by atoms with Crippen molar-refractivity contribution < 1.29 is 19.3 Å². The molecule has 7 rings (SSSR count). The average Bonchev–Trinajstić information content (AvgIpc) is 3.38. The number of fused-ring (bicyclic) bond motifs is 1. The number of aliphatic hydroxyl groups is 1. The van der Waals surface area contributed by atoms with E-state index < -0.39 is 11.0 Å². The van der Waals surface area contributed by atoms with Gasteiger partial charge in [0.05, 0.1) is 11.0 Å². The van der Waals surface area contributed by atoms with Crippen molar-refractivity contribution in [3.63, 3.8) is 0 Å². The third kappa shape index (κ3) is 2.32. The largest absolute Gasteiger partial charge is 0.504 e. The third-order valence-corrected chi connectivity index (χ3v) is 9.32. The van der Waals surface area contributed by atoms with Crippen LogP contribution < -0.4 is 4.74 Å². The number of benzene rings is 2. The number of likely N-dealkylation sites (tertiary alicyclic amines) is 1. The zero-order chi connectivity index (χ0) is 22.5. The molecule has 33 heavy (non-hydrogen) atoms. The first-order valence-electron chi connectivity index (χ1n) is 12.1. The van der Waals surface area contributed by atoms with Crippen LogP contribution in [-0.2, 0) is 24.9 Å². The molecule has 2 aliphatic carbocycles. The molecule has 2 aromatic rings. The predicted octanol–water partition coefficient (Wildman–Crippen LogP) is 3.26. The van der Waals surface area contributed by atoms with Gasteiger partial charge in [-0.3, -0.25) is 9.80 Å². The summed E-state index contributed by atoms with van der Waals surface area (Å²) in [7, 11) is 0. The molecule has 172 valence electrons. The first kappa shape index (κ1) is 20.0. The van der Waals surface area contributed by atoms with Gasteiger partial charge in [-0.15, -0.1) is 6.58 Å². The number of halogens is 1. The number of piperidine rings is 1. The molecule has 3 aliphatic heterocycles. The molecule has 0 aromatic heterocycles. The lowest BCUT2D eigenvalue weighted by atomic mass is 9.48. The van der Waals surface area contributed by atoms with E-state index >= 15 is 0 Å². The maximum atomic E-state index is 14.5. The highest BCUT2D eigenvalue weighted by Crippen LogP contribution is 2.66. The fraction of sp³-hybridized carbons (Fsp3) is 0.481. The molecule has 0 radical (unpaired) electrons. The SMILES string of the molecule is C=CCN1CC[C@]23c4c5ccc(O)c4O[C@H]2[C@H](N2Cc4cccc(F)c4C2)CC[C@@]3(O)[C@H]1C5. The van der Waals surface area contributed by atoms with Gasteiger partial charge in [-0.25, -0.2) is 4.39 Å². The number of hydrogen-bond acceptors (Lipinski definition) is 5. The molecule has 0 amide bonds. The molecule has 5 atom stereocenters. The molecule has 2 aromatic carbocycles. The Morgan fingerprint density at radius 2 is 2.06 bits per heavy atom. The summed E-state index contributed by atoms with van der Waals surface area (Å²) in [5, 5.41) is 23.2. The zero-order valence-corrected chi connectivity index (χ0v) is 18.6. The summed E-state index contributed by atoms with van der Waals surface area (Å²) >= 11 is 0. The van der Waals surface area contributed by atoms with Gasteiger partial charge in [-0.2, -0.15) is 0 Å². The Balaban J connectivity index is 1.36. The summed E-state index contributed by atoms with van der Waals surface area (Å²) in [6.45, 7) is 6.79. The van der Waals surface area contributed by atoms with Crippen LogP contribution in [0.2, 0.25) is 0 Å². The van der Waals surface area contributed by atoms with Crippen molar-refractivity contribution in [1.29, 1.82) is 0 Å². The summed E-state index contributed by atoms with van der Waals surface area (Å²) in [5.74, 6) is 0.564. The van der Waals surface area contributed by atoms with Gasteiger partial charge in [-0.05, 0) is 55.5 Å². The van der Waals surface area contributed by atoms with Crippen LogP contribution in [0.5, 0.6) is 11.5 Å². The maximum Gasteiger partial charge on any atom is 0.165 e. The summed E-state index contributed by atoms with van der Waals surface area (Å²) in [6.07, 6.45) is 4.61. The van der Waals surface area contributed by atoms with Crippen molar-refractivity contribution in [1.82, 2.24) is 9.80 Å². The molecule has 1 saturated heterocycles. The van der Waals surface area contributed by atoms with E-state index in [2.05, 4.69) is 16.4 Å². The number of aromatic hydroxyl groups is 1. The molecule has 0 unspecified atom stereocenters. The Kier molecular flexibility index (Phi) is 3.99. The highest BCUT2D eigenvalue weighted by Gasteiger charge is 2.73. The van der Waals surface area contributed by atoms with E-state index in [1.807, 2.05) is 18.2 Å². The number of rotatable bonds is 3. The van der Waals surface area contributed by atoms with Gasteiger partial charge in [0.1, 0.15) is 11.9 Å². The fourth-order valence-electron chi connectivity index (χ4n) is 8.00. The molecule has 5 aliphatic rings. The van der Waals surface area contributed by atoms with E-state index in [1.54, 1.807) is 12.1 Å². The lowest BCUT2D eigenvalue weighted by Gasteiger charge is -2.64. The smallest absolute Gasteiger partial charge is 0.165 e. The molecule has 6 heteroatoms. The molecule has 5 nitrogen and oxygen atoms in total. The number of hydrogen-bond donors (Lipinski definition) is 2. The highest BCUT2D eigenvalue weighted by molar-refractivity contribution is 5.62. The summed E-state index contributed by atoms with van der Waals surface area (Å²) in [4.78, 5) is 4.69. The lowest BCUT2D eigenvalue weighted by Crippen LogP contribution is -2.78. The Morgan fingerprint density at radius 3 is 2.88 bits per heavy atom. The van der Waals surface area contributed by atoms with E-state index in [0.29, 0.717) is 25.3 Å². The van der Waals surface area contributed by atoms with E-state index in [0.717, 1.165) is 49.0 Å². The van der Waals surface area contributed by atoms with Gasteiger partial charge in [0.25, 0.3) is 0 Å². The second-order valence-corrected chi connectivity index (χ2v) is 10.5. The van der Waals surface area contributed by atoms with E-state index in [9.17, 15) is 14.6 Å². The number of phenols is 1. The Morgan fingerprint density at radius 1 is 1.18 bits per heavy atom. The minimum atomic E-state index is -0.931. The first-order valence-corrected chi connectivity index (χ1v) is 12.1. The molecule has 1 spiro atoms. The van der Waals surface area contributed by atoms with Crippen molar-refractivity contribution in [2.75, 3.05) is 13.1 Å². The van der Waals surface area contributed by atoms with Crippen molar-refractivity contribution in [2.24, 2.45) is 0 Å². The zero-order valence-electron chi connectivity index (χ0n) is 18.6. The second kappa shape index (κ2) is 6.59. The summed E-state index contributed by atoms with van der Waals surface area (Å²) in [6, 6.07) is 9.10. The highest BCUT2D eigenvalue weighted by atomic mass is 19.1. The number of nitrogens with zero attached hydrogens (tertiary/aromatic N) is 2. The van der Waals surface area contributed by atoms with Crippen LogP contribution in [0.3, 0.4) is 0 Å². The second-order valence-electron chi connectivity index (χ2n) is 10.5. The van der Waals surface area contributed by atoms with Gasteiger partial charge in [0.15, 0.2) is 11.5 Å². The predicted molar refractivity (Wildman–Crippen MR) is 122 cm³/mol. The molecular weight excluding hydrogens is 419 g/mol. The Hall–Kier alpha value is -2.41. The number of ether oxygens (including phenoxy) is 1. The van der Waals surface area contributed by atoms with Crippen LogP contribution in [0, 0.1) is 5.82 Å². The Bertz CT molecular complexity index is 1180. The van der Waals surface area contributed by atoms with Crippen molar-refractivity contribution in [2.45, 2.75) is 68.0 Å². The molecule has 1 saturated carbocycles. The van der Waals surface area contributed by atoms with Crippen molar-refractivity contribution >= 4 is 0 Å². The van der Waals surface area contributed by atoms with Gasteiger partial charge < -0.3 is 14.9 Å². The van der Waals surface area contributed by atoms with E-state index in [1.165, 1.54) is 11.6 Å². The quantitative estimate of drug-likeness (QED) is 0.706. The molecular formula is C27H29FN2O3. The maximum absolute atomic E-state index is 14.5. The third-order valence-electron chi connectivity index (χ3n) is 9.32. The summed E-state index contributed by atoms with van der Waals surface area (Å²) < 4.78 is 21.2. The standard InChI is InChI=1S/C27H29FN2O3/c1-2-11-29-12-10-26-23-16-6-7-21(31)24(23)33-25(26)20(8-9-27(26,32)22(29)13-16)30-14-17-4-3-5-19(28)18(17)15-30/h2-7,20,22,25,31-32H,1,8-15H2/t20-,22-,25+,26+,27-/m1/s1. The van der Waals surface area contributed by atoms with Crippen molar-refractivity contribution in [3.05, 3.63) is 71.1 Å². The summed E-state index contributed by atoms with van der Waals surface area (Å²) in [5.41, 5.74) is 2.51. The van der Waals surface area contributed by atoms with E-state index in [4.69, 9.17) is 4.74 Å². The van der Waals surface area contributed by atoms with Crippen LogP contribution in [0.25, 0.3) is 0 Å². The minimum Gasteiger partial charge on any atom is -0.504 e. The van der Waals surface area contributed by atoms with Crippen molar-refractivity contribution in [3.8, 4) is 11.5 Å². The Labute approximate surface area is 193 Å². The van der Waals surface area contributed by atoms with E-state index in [-0.39, 0.29) is 29.8 Å². The van der Waals surface area contributed by atoms with Crippen LogP contribution in [0.1, 0.15) is 41.5 Å².